The lowest BCUT2D eigenvalue weighted by Crippen LogP contribution is -2.56. The van der Waals surface area contributed by atoms with Crippen LogP contribution in [0.4, 0.5) is 0 Å². The first kappa shape index (κ1) is 26.0. The van der Waals surface area contributed by atoms with Gasteiger partial charge in [-0.05, 0) is 19.9 Å². The quantitative estimate of drug-likeness (QED) is 0.162. The average Bonchev–Trinajstić information content (AvgIpc) is 2.69. The van der Waals surface area contributed by atoms with Gasteiger partial charge in [-0.1, -0.05) is 110 Å². The van der Waals surface area contributed by atoms with Gasteiger partial charge in [0.1, 0.15) is 0 Å². The molecular weight excluding hydrogens is 340 g/mol. The van der Waals surface area contributed by atoms with Gasteiger partial charge < -0.3 is 4.48 Å². The summed E-state index contributed by atoms with van der Waals surface area (Å²) in [7, 11) is 4.74. The molecule has 168 valence electrons. The number of hydrogen-bond donors (Lipinski definition) is 0. The molecule has 1 saturated heterocycles. The van der Waals surface area contributed by atoms with Gasteiger partial charge in [-0.15, -0.1) is 0 Å². The van der Waals surface area contributed by atoms with Crippen LogP contribution in [0.15, 0.2) is 0 Å². The zero-order valence-corrected chi connectivity index (χ0v) is 20.2. The van der Waals surface area contributed by atoms with Crippen molar-refractivity contribution in [2.45, 2.75) is 122 Å². The van der Waals surface area contributed by atoms with E-state index in [0.29, 0.717) is 0 Å². The van der Waals surface area contributed by atoms with E-state index in [-0.39, 0.29) is 0 Å². The van der Waals surface area contributed by atoms with Gasteiger partial charge in [-0.3, -0.25) is 4.90 Å². The van der Waals surface area contributed by atoms with E-state index in [4.69, 9.17) is 0 Å². The number of hydrogen-bond acceptors (Lipinski definition) is 1. The van der Waals surface area contributed by atoms with Gasteiger partial charge in [0.05, 0.1) is 26.7 Å². The van der Waals surface area contributed by atoms with Crippen molar-refractivity contribution in [2.24, 2.45) is 0 Å². The molecule has 0 bridgehead atoms. The highest BCUT2D eigenvalue weighted by Gasteiger charge is 2.26. The summed E-state index contributed by atoms with van der Waals surface area (Å²) in [6, 6.07) is 0. The van der Waals surface area contributed by atoms with Crippen LogP contribution in [-0.4, -0.2) is 56.2 Å². The Morgan fingerprint density at radius 2 is 0.857 bits per heavy atom. The Morgan fingerprint density at radius 3 is 1.21 bits per heavy atom. The number of nitrogens with zero attached hydrogens (tertiary/aromatic N) is 2. The van der Waals surface area contributed by atoms with Gasteiger partial charge in [-0.25, -0.2) is 0 Å². The van der Waals surface area contributed by atoms with Crippen LogP contribution >= 0.6 is 0 Å². The number of piperazine rings is 1. The first-order chi connectivity index (χ1) is 13.7. The maximum Gasteiger partial charge on any atom is 0.0914 e. The lowest BCUT2D eigenvalue weighted by atomic mass is 10.0. The van der Waals surface area contributed by atoms with Gasteiger partial charge in [0.15, 0.2) is 0 Å². The molecule has 0 aromatic carbocycles. The fourth-order valence-corrected chi connectivity index (χ4v) is 4.67. The monoisotopic (exact) mass is 395 g/mol. The Morgan fingerprint density at radius 1 is 0.536 bits per heavy atom. The second kappa shape index (κ2) is 17.8. The summed E-state index contributed by atoms with van der Waals surface area (Å²) in [5, 5.41) is 0. The Labute approximate surface area is 179 Å². The number of rotatable bonds is 19. The summed E-state index contributed by atoms with van der Waals surface area (Å²) in [5.41, 5.74) is 0. The van der Waals surface area contributed by atoms with Crippen molar-refractivity contribution < 1.29 is 4.48 Å². The van der Waals surface area contributed by atoms with Crippen molar-refractivity contribution in [1.82, 2.24) is 4.90 Å². The normalized spacial score (nSPS) is 17.2. The standard InChI is InChI=1S/C26H55N2/c1-4-5-6-7-8-9-10-11-12-13-14-15-16-17-18-19-20-21-24-28(3)25-22-27(2)23-26-28/h4-26H2,1-3H3/q+1. The molecule has 1 aliphatic heterocycles. The summed E-state index contributed by atoms with van der Waals surface area (Å²) < 4.78 is 1.32. The highest BCUT2D eigenvalue weighted by atomic mass is 15.4. The molecule has 0 aromatic heterocycles. The fraction of sp³-hybridized carbons (Fsp3) is 1.00. The van der Waals surface area contributed by atoms with Gasteiger partial charge in [0, 0.05) is 13.1 Å². The van der Waals surface area contributed by atoms with Crippen LogP contribution in [0, 0.1) is 0 Å². The fourth-order valence-electron chi connectivity index (χ4n) is 4.67. The second-order valence-electron chi connectivity index (χ2n) is 10.1. The van der Waals surface area contributed by atoms with Crippen LogP contribution in [0.3, 0.4) is 0 Å². The summed E-state index contributed by atoms with van der Waals surface area (Å²) >= 11 is 0. The van der Waals surface area contributed by atoms with Crippen molar-refractivity contribution in [3.05, 3.63) is 0 Å². The number of quaternary nitrogens is 1. The maximum absolute atomic E-state index is 2.48. The number of unbranched alkanes of at least 4 members (excludes halogenated alkanes) is 17. The minimum atomic E-state index is 1.29. The van der Waals surface area contributed by atoms with E-state index < -0.39 is 0 Å². The predicted molar refractivity (Wildman–Crippen MR) is 127 cm³/mol. The van der Waals surface area contributed by atoms with E-state index in [9.17, 15) is 0 Å². The molecule has 0 unspecified atom stereocenters. The molecule has 0 N–H and O–H groups in total. The molecule has 0 saturated carbocycles. The second-order valence-corrected chi connectivity index (χ2v) is 10.1. The Hall–Kier alpha value is -0.0800. The van der Waals surface area contributed by atoms with E-state index in [0.717, 1.165) is 0 Å². The third kappa shape index (κ3) is 14.9. The first-order valence-corrected chi connectivity index (χ1v) is 13.2. The zero-order chi connectivity index (χ0) is 20.3. The summed E-state index contributed by atoms with van der Waals surface area (Å²) in [4.78, 5) is 2.48. The van der Waals surface area contributed by atoms with Gasteiger partial charge in [0.25, 0.3) is 0 Å². The largest absolute Gasteiger partial charge is 0.324 e. The Kier molecular flexibility index (Phi) is 16.5. The third-order valence-electron chi connectivity index (χ3n) is 7.09. The molecule has 1 fully saturated rings. The van der Waals surface area contributed by atoms with Gasteiger partial charge in [-0.2, -0.15) is 0 Å². The van der Waals surface area contributed by atoms with Gasteiger partial charge >= 0.3 is 0 Å². The molecule has 28 heavy (non-hydrogen) atoms. The van der Waals surface area contributed by atoms with Crippen molar-refractivity contribution >= 4 is 0 Å². The molecule has 0 aliphatic carbocycles. The predicted octanol–water partition coefficient (Wildman–Crippen LogP) is 7.42. The highest BCUT2D eigenvalue weighted by Crippen LogP contribution is 2.15. The summed E-state index contributed by atoms with van der Waals surface area (Å²) in [6.45, 7) is 9.00. The van der Waals surface area contributed by atoms with E-state index >= 15 is 0 Å². The van der Waals surface area contributed by atoms with E-state index in [2.05, 4.69) is 25.9 Å². The maximum atomic E-state index is 2.48. The lowest BCUT2D eigenvalue weighted by Gasteiger charge is -2.41. The minimum Gasteiger partial charge on any atom is -0.324 e. The van der Waals surface area contributed by atoms with Crippen molar-refractivity contribution in [1.29, 1.82) is 0 Å². The van der Waals surface area contributed by atoms with Gasteiger partial charge in [0.2, 0.25) is 0 Å². The van der Waals surface area contributed by atoms with Crippen molar-refractivity contribution in [2.75, 3.05) is 46.8 Å². The molecule has 1 rings (SSSR count). The molecule has 0 amide bonds. The van der Waals surface area contributed by atoms with Crippen LogP contribution < -0.4 is 0 Å². The van der Waals surface area contributed by atoms with Crippen LogP contribution in [0.1, 0.15) is 122 Å². The van der Waals surface area contributed by atoms with Crippen LogP contribution in [0.25, 0.3) is 0 Å². The molecule has 0 aromatic rings. The Bertz CT molecular complexity index is 320. The molecule has 2 nitrogen and oxygen atoms in total. The summed E-state index contributed by atoms with van der Waals surface area (Å²) in [5.74, 6) is 0. The lowest BCUT2D eigenvalue weighted by molar-refractivity contribution is -0.913. The van der Waals surface area contributed by atoms with E-state index in [1.807, 2.05) is 0 Å². The Balaban J connectivity index is 1.72. The molecule has 1 heterocycles. The minimum absolute atomic E-state index is 1.29. The van der Waals surface area contributed by atoms with Crippen molar-refractivity contribution in [3.8, 4) is 0 Å². The SMILES string of the molecule is CCCCCCCCCCCCCCCCCCCC[N+]1(C)CCN(C)CC1. The molecule has 2 heteroatoms. The smallest absolute Gasteiger partial charge is 0.0914 e. The zero-order valence-electron chi connectivity index (χ0n) is 20.2. The molecular formula is C26H55N2+. The van der Waals surface area contributed by atoms with Crippen molar-refractivity contribution in [3.63, 3.8) is 0 Å². The highest BCUT2D eigenvalue weighted by molar-refractivity contribution is 4.58. The molecule has 0 radical (unpaired) electrons. The van der Waals surface area contributed by atoms with E-state index in [1.165, 1.54) is 153 Å². The van der Waals surface area contributed by atoms with Crippen LogP contribution in [0.2, 0.25) is 0 Å². The summed E-state index contributed by atoms with van der Waals surface area (Å²) in [6.07, 6.45) is 26.5. The van der Waals surface area contributed by atoms with Crippen LogP contribution in [0.5, 0.6) is 0 Å². The molecule has 0 atom stereocenters. The number of likely N-dealkylation sites (N-methyl/N-ethyl adjacent to an activating group) is 2. The topological polar surface area (TPSA) is 3.24 Å². The van der Waals surface area contributed by atoms with Crippen LogP contribution in [-0.2, 0) is 0 Å². The first-order valence-electron chi connectivity index (χ1n) is 13.2. The average molecular weight is 396 g/mol. The van der Waals surface area contributed by atoms with E-state index in [1.54, 1.807) is 0 Å². The molecule has 0 spiro atoms. The molecule has 1 aliphatic rings. The third-order valence-corrected chi connectivity index (χ3v) is 7.09.